The van der Waals surface area contributed by atoms with Crippen molar-refractivity contribution >= 4 is 18.2 Å². The van der Waals surface area contributed by atoms with E-state index in [-0.39, 0.29) is 30.1 Å². The van der Waals surface area contributed by atoms with E-state index in [4.69, 9.17) is 10.5 Å². The second-order valence-electron chi connectivity index (χ2n) is 6.36. The molecule has 0 radical (unpaired) electrons. The van der Waals surface area contributed by atoms with Gasteiger partial charge in [0.1, 0.15) is 23.7 Å². The second-order valence-corrected chi connectivity index (χ2v) is 6.36. The predicted molar refractivity (Wildman–Crippen MR) is 98.1 cm³/mol. The Labute approximate surface area is 169 Å². The van der Waals surface area contributed by atoms with Crippen molar-refractivity contribution in [1.82, 2.24) is 0 Å². The topological polar surface area (TPSA) is 72.5 Å². The average molecular weight is 440 g/mol. The highest BCUT2D eigenvalue weighted by atomic mass is 35.5. The first-order chi connectivity index (χ1) is 13.0. The minimum absolute atomic E-state index is 0. The number of hydrogen-bond donors (Lipinski definition) is 2. The standard InChI is InChI=1S/C19H18F5NO3.ClH/c1-9(2)17(26)12-5-6-13(14(18(12)27)19(22,23)24)28-8-11-4-3-10(7-25)15(20)16(11)21;/h3-6,9,27H,7-8,25H2,1-2H3;1H. The van der Waals surface area contributed by atoms with Crippen LogP contribution in [0.25, 0.3) is 0 Å². The third kappa shape index (κ3) is 5.16. The Morgan fingerprint density at radius 2 is 1.66 bits per heavy atom. The maximum Gasteiger partial charge on any atom is 0.423 e. The molecule has 0 bridgehead atoms. The summed E-state index contributed by atoms with van der Waals surface area (Å²) in [6.45, 7) is 1.97. The molecule has 0 saturated heterocycles. The molecule has 0 saturated carbocycles. The summed E-state index contributed by atoms with van der Waals surface area (Å²) in [6, 6.07) is 4.20. The highest BCUT2D eigenvalue weighted by Crippen LogP contribution is 2.44. The molecule has 2 aromatic carbocycles. The molecule has 2 rings (SSSR count). The number of nitrogens with two attached hydrogens (primary N) is 1. The lowest BCUT2D eigenvalue weighted by atomic mass is 9.97. The molecule has 0 aromatic heterocycles. The van der Waals surface area contributed by atoms with Gasteiger partial charge in [0.2, 0.25) is 0 Å². The summed E-state index contributed by atoms with van der Waals surface area (Å²) in [7, 11) is 0. The summed E-state index contributed by atoms with van der Waals surface area (Å²) in [5.41, 5.74) is 2.78. The number of ether oxygens (including phenoxy) is 1. The van der Waals surface area contributed by atoms with E-state index in [2.05, 4.69) is 0 Å². The largest absolute Gasteiger partial charge is 0.506 e. The summed E-state index contributed by atoms with van der Waals surface area (Å²) in [5.74, 6) is -5.90. The second kappa shape index (κ2) is 9.41. The first kappa shape index (κ1) is 24.6. The molecule has 0 aliphatic heterocycles. The number of alkyl halides is 3. The van der Waals surface area contributed by atoms with E-state index >= 15 is 0 Å². The maximum absolute atomic E-state index is 14.0. The Kier molecular flexibility index (Phi) is 7.99. The van der Waals surface area contributed by atoms with Crippen molar-refractivity contribution in [3.05, 3.63) is 58.2 Å². The molecule has 29 heavy (non-hydrogen) atoms. The molecule has 0 aliphatic rings. The fourth-order valence-corrected chi connectivity index (χ4v) is 2.53. The fraction of sp³-hybridized carbons (Fsp3) is 0.316. The van der Waals surface area contributed by atoms with Crippen LogP contribution in [-0.2, 0) is 19.3 Å². The van der Waals surface area contributed by atoms with Gasteiger partial charge in [-0.25, -0.2) is 8.78 Å². The number of carbonyl (C=O) groups excluding carboxylic acids is 1. The molecular weight excluding hydrogens is 421 g/mol. The first-order valence-electron chi connectivity index (χ1n) is 8.25. The van der Waals surface area contributed by atoms with E-state index in [1.54, 1.807) is 0 Å². The van der Waals surface area contributed by atoms with Gasteiger partial charge in [0.25, 0.3) is 0 Å². The van der Waals surface area contributed by atoms with Crippen molar-refractivity contribution in [1.29, 1.82) is 0 Å². The van der Waals surface area contributed by atoms with Crippen LogP contribution in [0.5, 0.6) is 11.5 Å². The first-order valence-corrected chi connectivity index (χ1v) is 8.25. The van der Waals surface area contributed by atoms with Gasteiger partial charge in [-0.2, -0.15) is 13.2 Å². The Morgan fingerprint density at radius 3 is 2.17 bits per heavy atom. The Bertz CT molecular complexity index is 900. The van der Waals surface area contributed by atoms with Crippen molar-refractivity contribution in [2.75, 3.05) is 0 Å². The highest BCUT2D eigenvalue weighted by molar-refractivity contribution is 6.00. The van der Waals surface area contributed by atoms with Gasteiger partial charge in [0.15, 0.2) is 17.4 Å². The number of benzene rings is 2. The lowest BCUT2D eigenvalue weighted by molar-refractivity contribution is -0.140. The van der Waals surface area contributed by atoms with E-state index in [0.717, 1.165) is 18.2 Å². The molecule has 10 heteroatoms. The van der Waals surface area contributed by atoms with Crippen LogP contribution in [0.15, 0.2) is 24.3 Å². The Hall–Kier alpha value is -2.39. The summed E-state index contributed by atoms with van der Waals surface area (Å²) in [6.07, 6.45) is -5.04. The normalized spacial score (nSPS) is 11.3. The summed E-state index contributed by atoms with van der Waals surface area (Å²) < 4.78 is 73.0. The molecule has 0 spiro atoms. The number of phenols is 1. The van der Waals surface area contributed by atoms with Crippen molar-refractivity contribution in [2.45, 2.75) is 33.2 Å². The minimum atomic E-state index is -5.04. The van der Waals surface area contributed by atoms with Crippen molar-refractivity contribution < 1.29 is 36.6 Å². The maximum atomic E-state index is 14.0. The van der Waals surface area contributed by atoms with Crippen LogP contribution in [0.3, 0.4) is 0 Å². The van der Waals surface area contributed by atoms with Gasteiger partial charge >= 0.3 is 6.18 Å². The van der Waals surface area contributed by atoms with E-state index in [0.29, 0.717) is 0 Å². The van der Waals surface area contributed by atoms with Gasteiger partial charge in [-0.3, -0.25) is 4.79 Å². The van der Waals surface area contributed by atoms with E-state index < -0.39 is 58.7 Å². The van der Waals surface area contributed by atoms with Crippen LogP contribution < -0.4 is 10.5 Å². The van der Waals surface area contributed by atoms with Gasteiger partial charge in [-0.1, -0.05) is 26.0 Å². The smallest absolute Gasteiger partial charge is 0.423 e. The van der Waals surface area contributed by atoms with Crippen LogP contribution in [0.4, 0.5) is 22.0 Å². The molecule has 0 amide bonds. The van der Waals surface area contributed by atoms with E-state index in [9.17, 15) is 31.9 Å². The number of aromatic hydroxyl groups is 1. The van der Waals surface area contributed by atoms with E-state index in [1.165, 1.54) is 19.9 Å². The molecule has 160 valence electrons. The zero-order valence-corrected chi connectivity index (χ0v) is 16.3. The minimum Gasteiger partial charge on any atom is -0.506 e. The van der Waals surface area contributed by atoms with Gasteiger partial charge in [0, 0.05) is 23.6 Å². The van der Waals surface area contributed by atoms with Crippen molar-refractivity contribution in [3.63, 3.8) is 0 Å². The zero-order valence-electron chi connectivity index (χ0n) is 15.4. The molecule has 4 nitrogen and oxygen atoms in total. The van der Waals surface area contributed by atoms with Crippen LogP contribution in [0, 0.1) is 17.6 Å². The molecule has 2 aromatic rings. The molecule has 0 atom stereocenters. The third-order valence-corrected chi connectivity index (χ3v) is 4.06. The van der Waals surface area contributed by atoms with Crippen LogP contribution in [0.2, 0.25) is 0 Å². The number of Topliss-reactive ketones (excluding diaryl/α,β-unsaturated/α-hetero) is 1. The van der Waals surface area contributed by atoms with Crippen molar-refractivity contribution in [3.8, 4) is 11.5 Å². The van der Waals surface area contributed by atoms with Gasteiger partial charge in [-0.15, -0.1) is 12.4 Å². The van der Waals surface area contributed by atoms with Crippen LogP contribution in [0.1, 0.15) is 40.9 Å². The number of hydrogen-bond acceptors (Lipinski definition) is 4. The summed E-state index contributed by atoms with van der Waals surface area (Å²) >= 11 is 0. The van der Waals surface area contributed by atoms with Crippen LogP contribution >= 0.6 is 12.4 Å². The monoisotopic (exact) mass is 439 g/mol. The summed E-state index contributed by atoms with van der Waals surface area (Å²) in [5, 5.41) is 10.0. The predicted octanol–water partition coefficient (Wildman–Crippen LogP) is 4.99. The van der Waals surface area contributed by atoms with Gasteiger partial charge in [-0.05, 0) is 12.1 Å². The van der Waals surface area contributed by atoms with Gasteiger partial charge < -0.3 is 15.6 Å². The fourth-order valence-electron chi connectivity index (χ4n) is 2.53. The number of phenolic OH excluding ortho intramolecular Hbond substituents is 1. The number of ketones is 1. The molecular formula is C19H19ClF5NO3. The number of carbonyl (C=O) groups is 1. The molecule has 0 unspecified atom stereocenters. The number of halogens is 6. The van der Waals surface area contributed by atoms with Gasteiger partial charge in [0.05, 0.1) is 5.56 Å². The lowest BCUT2D eigenvalue weighted by Crippen LogP contribution is -2.14. The Morgan fingerprint density at radius 1 is 1.10 bits per heavy atom. The third-order valence-electron chi connectivity index (χ3n) is 4.06. The zero-order chi connectivity index (χ0) is 21.2. The molecule has 3 N–H and O–H groups in total. The van der Waals surface area contributed by atoms with Crippen molar-refractivity contribution in [2.24, 2.45) is 11.7 Å². The average Bonchev–Trinajstić information content (AvgIpc) is 2.61. The summed E-state index contributed by atoms with van der Waals surface area (Å²) in [4.78, 5) is 12.0. The molecule has 0 heterocycles. The number of rotatable bonds is 6. The SMILES string of the molecule is CC(C)C(=O)c1ccc(OCc2ccc(CN)c(F)c2F)c(C(F)(F)F)c1O.Cl. The quantitative estimate of drug-likeness (QED) is 0.491. The Balaban J connectivity index is 0.00000420. The highest BCUT2D eigenvalue weighted by Gasteiger charge is 2.40. The lowest BCUT2D eigenvalue weighted by Gasteiger charge is -2.18. The van der Waals surface area contributed by atoms with Crippen LogP contribution in [-0.4, -0.2) is 10.9 Å². The molecule has 0 aliphatic carbocycles. The molecule has 0 fully saturated rings. The van der Waals surface area contributed by atoms with E-state index in [1.807, 2.05) is 0 Å².